The van der Waals surface area contributed by atoms with Crippen molar-refractivity contribution in [2.75, 3.05) is 12.3 Å². The van der Waals surface area contributed by atoms with Crippen LogP contribution in [0.1, 0.15) is 19.0 Å². The van der Waals surface area contributed by atoms with E-state index in [1.54, 1.807) is 11.5 Å². The van der Waals surface area contributed by atoms with E-state index in [4.69, 9.17) is 10.5 Å². The number of anilines is 1. The predicted molar refractivity (Wildman–Crippen MR) is 72.1 cm³/mol. The minimum absolute atomic E-state index is 0.221. The Morgan fingerprint density at radius 2 is 2.19 bits per heavy atom. The van der Waals surface area contributed by atoms with Crippen molar-refractivity contribution in [3.8, 4) is 0 Å². The highest BCUT2D eigenvalue weighted by Crippen LogP contribution is 2.40. The molecule has 4 atom stereocenters. The Morgan fingerprint density at radius 3 is 2.81 bits per heavy atom. The summed E-state index contributed by atoms with van der Waals surface area (Å²) < 4.78 is 7.13. The number of aryl methyl sites for hydroxylation is 1. The molecule has 1 aliphatic rings. The molecule has 0 spiro atoms. The lowest BCUT2D eigenvalue weighted by atomic mass is 9.96. The Balaban J connectivity index is 2.17. The molecule has 9 nitrogen and oxygen atoms in total. The van der Waals surface area contributed by atoms with Crippen LogP contribution in [0.15, 0.2) is 6.33 Å². The van der Waals surface area contributed by atoms with Gasteiger partial charge in [0.25, 0.3) is 0 Å². The molecule has 2 aromatic heterocycles. The number of nitrogens with zero attached hydrogens (tertiary/aromatic N) is 4. The van der Waals surface area contributed by atoms with Crippen molar-refractivity contribution in [3.05, 3.63) is 12.2 Å². The van der Waals surface area contributed by atoms with Gasteiger partial charge in [0.1, 0.15) is 30.0 Å². The van der Waals surface area contributed by atoms with Gasteiger partial charge in [0.05, 0.1) is 6.61 Å². The summed E-state index contributed by atoms with van der Waals surface area (Å²) in [6.45, 7) is 2.74. The summed E-state index contributed by atoms with van der Waals surface area (Å²) in [5.41, 5.74) is 4.96. The number of imidazole rings is 1. The van der Waals surface area contributed by atoms with E-state index in [1.165, 1.54) is 13.3 Å². The highest BCUT2D eigenvalue weighted by molar-refractivity contribution is 5.81. The molecule has 0 aliphatic carbocycles. The molecule has 1 fully saturated rings. The zero-order valence-electron chi connectivity index (χ0n) is 11.6. The fourth-order valence-electron chi connectivity index (χ4n) is 2.68. The standard InChI is InChI=1S/C12H17N5O4/c1-5-16-7-9(13)14-4-15-10(7)17(5)11-12(2,20)8(19)6(3-18)21-11/h4,6,8,11,18-20H,3H2,1-2H3,(H2,13,14,15)/t6-,8-,11-,12-/m1/s1. The quantitative estimate of drug-likeness (QED) is 0.537. The molecule has 1 aliphatic heterocycles. The summed E-state index contributed by atoms with van der Waals surface area (Å²) in [5.74, 6) is 0.729. The third-order valence-electron chi connectivity index (χ3n) is 3.85. The van der Waals surface area contributed by atoms with Crippen LogP contribution in [0, 0.1) is 6.92 Å². The second-order valence-electron chi connectivity index (χ2n) is 5.34. The molecule has 9 heteroatoms. The van der Waals surface area contributed by atoms with Gasteiger partial charge in [-0.3, -0.25) is 4.57 Å². The number of nitrogen functional groups attached to an aromatic ring is 1. The van der Waals surface area contributed by atoms with E-state index in [0.717, 1.165) is 0 Å². The number of rotatable bonds is 2. The van der Waals surface area contributed by atoms with Crippen LogP contribution in [0.2, 0.25) is 0 Å². The molecule has 3 rings (SSSR count). The summed E-state index contributed by atoms with van der Waals surface area (Å²) in [6.07, 6.45) is -1.77. The van der Waals surface area contributed by atoms with Crippen molar-refractivity contribution < 1.29 is 20.1 Å². The molecule has 0 unspecified atom stereocenters. The summed E-state index contributed by atoms with van der Waals surface area (Å²) in [4.78, 5) is 12.3. The minimum Gasteiger partial charge on any atom is -0.394 e. The summed E-state index contributed by atoms with van der Waals surface area (Å²) in [5, 5.41) is 29.9. The fraction of sp³-hybridized carbons (Fsp3) is 0.583. The average Bonchev–Trinajstić information content (AvgIpc) is 2.87. The Hall–Kier alpha value is -1.81. The molecule has 0 saturated carbocycles. The molecule has 3 heterocycles. The van der Waals surface area contributed by atoms with Crippen LogP contribution in [-0.2, 0) is 4.74 Å². The van der Waals surface area contributed by atoms with Gasteiger partial charge in [-0.15, -0.1) is 0 Å². The van der Waals surface area contributed by atoms with Gasteiger partial charge in [-0.25, -0.2) is 15.0 Å². The van der Waals surface area contributed by atoms with Crippen LogP contribution in [-0.4, -0.2) is 59.3 Å². The van der Waals surface area contributed by atoms with Crippen LogP contribution in [0.4, 0.5) is 5.82 Å². The molecule has 0 radical (unpaired) electrons. The fourth-order valence-corrected chi connectivity index (χ4v) is 2.68. The Bertz CT molecular complexity index is 686. The van der Waals surface area contributed by atoms with Crippen LogP contribution in [0.5, 0.6) is 0 Å². The normalized spacial score (nSPS) is 32.9. The SMILES string of the molecule is Cc1nc2c(N)ncnc2n1[C@@H]1O[C@H](CO)[C@@H](O)[C@@]1(C)O. The number of nitrogens with two attached hydrogens (primary N) is 1. The van der Waals surface area contributed by atoms with Gasteiger partial charge >= 0.3 is 0 Å². The lowest BCUT2D eigenvalue weighted by molar-refractivity contribution is -0.0958. The topological polar surface area (TPSA) is 140 Å². The maximum Gasteiger partial charge on any atom is 0.168 e. The second-order valence-corrected chi connectivity index (χ2v) is 5.34. The second kappa shape index (κ2) is 4.60. The molecule has 5 N–H and O–H groups in total. The van der Waals surface area contributed by atoms with Crippen molar-refractivity contribution in [1.82, 2.24) is 19.5 Å². The van der Waals surface area contributed by atoms with Crippen LogP contribution < -0.4 is 5.73 Å². The molecule has 1 saturated heterocycles. The minimum atomic E-state index is -1.61. The number of ether oxygens (including phenoxy) is 1. The van der Waals surface area contributed by atoms with E-state index < -0.39 is 30.6 Å². The van der Waals surface area contributed by atoms with E-state index >= 15 is 0 Å². The van der Waals surface area contributed by atoms with Gasteiger partial charge in [-0.2, -0.15) is 0 Å². The maximum absolute atomic E-state index is 10.5. The zero-order valence-corrected chi connectivity index (χ0v) is 11.6. The molecule has 114 valence electrons. The van der Waals surface area contributed by atoms with Crippen molar-refractivity contribution in [1.29, 1.82) is 0 Å². The summed E-state index contributed by atoms with van der Waals surface area (Å²) >= 11 is 0. The molecule has 2 aromatic rings. The number of aliphatic hydroxyl groups excluding tert-OH is 2. The largest absolute Gasteiger partial charge is 0.394 e. The van der Waals surface area contributed by atoms with Gasteiger partial charge in [0.2, 0.25) is 0 Å². The van der Waals surface area contributed by atoms with Crippen molar-refractivity contribution in [2.45, 2.75) is 37.9 Å². The van der Waals surface area contributed by atoms with E-state index in [9.17, 15) is 15.3 Å². The van der Waals surface area contributed by atoms with Gasteiger partial charge < -0.3 is 25.8 Å². The monoisotopic (exact) mass is 295 g/mol. The zero-order chi connectivity index (χ0) is 15.4. The van der Waals surface area contributed by atoms with Gasteiger partial charge in [0.15, 0.2) is 23.2 Å². The van der Waals surface area contributed by atoms with Crippen molar-refractivity contribution >= 4 is 17.0 Å². The maximum atomic E-state index is 10.5. The first kappa shape index (κ1) is 14.1. The lowest BCUT2D eigenvalue weighted by Gasteiger charge is -2.28. The third kappa shape index (κ3) is 1.89. The van der Waals surface area contributed by atoms with Gasteiger partial charge in [-0.05, 0) is 13.8 Å². The molecule has 0 amide bonds. The first-order valence-corrected chi connectivity index (χ1v) is 6.49. The highest BCUT2D eigenvalue weighted by Gasteiger charge is 2.53. The Kier molecular flexibility index (Phi) is 3.10. The average molecular weight is 295 g/mol. The molecular weight excluding hydrogens is 278 g/mol. The van der Waals surface area contributed by atoms with E-state index in [-0.39, 0.29) is 5.82 Å². The highest BCUT2D eigenvalue weighted by atomic mass is 16.6. The van der Waals surface area contributed by atoms with Crippen LogP contribution in [0.25, 0.3) is 11.2 Å². The lowest BCUT2D eigenvalue weighted by Crippen LogP contribution is -2.44. The third-order valence-corrected chi connectivity index (χ3v) is 3.85. The molecular formula is C12H17N5O4. The number of fused-ring (bicyclic) bond motifs is 1. The van der Waals surface area contributed by atoms with Crippen molar-refractivity contribution in [3.63, 3.8) is 0 Å². The first-order chi connectivity index (χ1) is 9.87. The Labute approximate surface area is 120 Å². The molecule has 0 bridgehead atoms. The number of hydrogen-bond donors (Lipinski definition) is 4. The van der Waals surface area contributed by atoms with Crippen molar-refractivity contribution in [2.24, 2.45) is 0 Å². The van der Waals surface area contributed by atoms with E-state index in [0.29, 0.717) is 17.0 Å². The summed E-state index contributed by atoms with van der Waals surface area (Å²) in [6, 6.07) is 0. The smallest absolute Gasteiger partial charge is 0.168 e. The number of aliphatic hydroxyl groups is 3. The molecule has 0 aromatic carbocycles. The van der Waals surface area contributed by atoms with Crippen LogP contribution >= 0.6 is 0 Å². The first-order valence-electron chi connectivity index (χ1n) is 6.49. The van der Waals surface area contributed by atoms with Gasteiger partial charge in [0, 0.05) is 0 Å². The number of aromatic nitrogens is 4. The van der Waals surface area contributed by atoms with Crippen LogP contribution in [0.3, 0.4) is 0 Å². The van der Waals surface area contributed by atoms with Gasteiger partial charge in [-0.1, -0.05) is 0 Å². The number of hydrogen-bond acceptors (Lipinski definition) is 8. The predicted octanol–water partition coefficient (Wildman–Crippen LogP) is -1.28. The van der Waals surface area contributed by atoms with E-state index in [2.05, 4.69) is 15.0 Å². The Morgan fingerprint density at radius 1 is 1.48 bits per heavy atom. The summed E-state index contributed by atoms with van der Waals surface area (Å²) in [7, 11) is 0. The molecule has 21 heavy (non-hydrogen) atoms. The van der Waals surface area contributed by atoms with E-state index in [1.807, 2.05) is 0 Å².